The molecule has 0 bridgehead atoms. The van der Waals surface area contributed by atoms with E-state index in [0.29, 0.717) is 11.3 Å². The van der Waals surface area contributed by atoms with Gasteiger partial charge in [-0.3, -0.25) is 9.59 Å². The lowest BCUT2D eigenvalue weighted by molar-refractivity contribution is -0.131. The second-order valence-electron chi connectivity index (χ2n) is 14.1. The monoisotopic (exact) mass is 1020 g/mol. The van der Waals surface area contributed by atoms with E-state index in [2.05, 4.69) is 11.2 Å². The van der Waals surface area contributed by atoms with Crippen molar-refractivity contribution in [3.8, 4) is 16.9 Å². The van der Waals surface area contributed by atoms with Crippen LogP contribution in [0.3, 0.4) is 0 Å². The van der Waals surface area contributed by atoms with E-state index < -0.39 is 160 Å². The molecular weight excluding hydrogens is 1000 g/mol. The Morgan fingerprint density at radius 3 is 1.00 bits per heavy atom. The summed E-state index contributed by atoms with van der Waals surface area (Å²) in [7, 11) is -2.60. The van der Waals surface area contributed by atoms with E-state index in [-0.39, 0.29) is 11.5 Å². The van der Waals surface area contributed by atoms with Crippen molar-refractivity contribution < 1.29 is 106 Å². The number of rotatable bonds is 8. The highest BCUT2D eigenvalue weighted by Gasteiger charge is 2.52. The van der Waals surface area contributed by atoms with Crippen LogP contribution in [0.1, 0.15) is 22.8 Å². The third-order valence-corrected chi connectivity index (χ3v) is 11.1. The van der Waals surface area contributed by atoms with Gasteiger partial charge in [-0.15, -0.1) is 21.9 Å². The van der Waals surface area contributed by atoms with Crippen molar-refractivity contribution >= 4 is 49.7 Å². The van der Waals surface area contributed by atoms with Crippen LogP contribution in [-0.2, 0) is 18.9 Å². The first-order valence-corrected chi connectivity index (χ1v) is 20.3. The number of carbonyl (C=O) groups excluding carboxylic acids is 2. The van der Waals surface area contributed by atoms with Gasteiger partial charge >= 0.3 is 5.97 Å². The first kappa shape index (κ1) is 52.8. The van der Waals surface area contributed by atoms with E-state index in [4.69, 9.17) is 4.74 Å². The molecule has 0 aromatic heterocycles. The highest BCUT2D eigenvalue weighted by Crippen LogP contribution is 2.31. The fourth-order valence-electron chi connectivity index (χ4n) is 6.81. The predicted molar refractivity (Wildman–Crippen MR) is 203 cm³/mol. The molecule has 0 heterocycles. The van der Waals surface area contributed by atoms with Gasteiger partial charge in [-0.2, -0.15) is 0 Å². The van der Waals surface area contributed by atoms with Crippen molar-refractivity contribution in [3.63, 3.8) is 0 Å². The van der Waals surface area contributed by atoms with Gasteiger partial charge in [-0.05, 0) is 42.3 Å². The fraction of sp³-hybridized carbons (Fsp3) is 0.0698. The van der Waals surface area contributed by atoms with Crippen molar-refractivity contribution in [2.75, 3.05) is 12.0 Å². The molecule has 6 rings (SSSR count). The van der Waals surface area contributed by atoms with Crippen LogP contribution >= 0.6 is 0 Å². The highest BCUT2D eigenvalue weighted by atomic mass is 32.2. The molecule has 0 radical (unpaired) electrons. The average molecular weight is 1020 g/mol. The Morgan fingerprint density at radius 2 is 0.725 bits per heavy atom. The van der Waals surface area contributed by atoms with Gasteiger partial charge in [0, 0.05) is 18.1 Å². The van der Waals surface area contributed by atoms with Gasteiger partial charge in [0.25, 0.3) is 0 Å². The minimum absolute atomic E-state index is 0.153. The van der Waals surface area contributed by atoms with Gasteiger partial charge in [0.2, 0.25) is 5.78 Å². The summed E-state index contributed by atoms with van der Waals surface area (Å²) in [5, 5.41) is 2.70. The third-order valence-electron chi connectivity index (χ3n) is 9.74. The largest absolute Gasteiger partial charge is 0.427 e. The number of Topliss-reactive ketones (excluding diaryl/α,β-unsaturated/α-hetero) is 1. The summed E-state index contributed by atoms with van der Waals surface area (Å²) >= 11 is 0. The zero-order valence-electron chi connectivity index (χ0n) is 33.6. The van der Waals surface area contributed by atoms with Crippen LogP contribution in [0.25, 0.3) is 0 Å². The number of ketones is 1. The van der Waals surface area contributed by atoms with Crippen LogP contribution < -0.4 is 26.6 Å². The number of esters is 1. The zero-order chi connectivity index (χ0) is 51.9. The van der Waals surface area contributed by atoms with Gasteiger partial charge in [0.15, 0.2) is 90.7 Å². The second-order valence-corrected chi connectivity index (χ2v) is 16.6. The lowest BCUT2D eigenvalue weighted by Gasteiger charge is -2.44. The summed E-state index contributed by atoms with van der Waals surface area (Å²) in [5.74, 6) is -69.1. The van der Waals surface area contributed by atoms with Crippen LogP contribution in [0.15, 0.2) is 54.6 Å². The predicted octanol–water partition coefficient (Wildman–Crippen LogP) is 8.78. The van der Waals surface area contributed by atoms with Crippen LogP contribution in [-0.4, -0.2) is 29.9 Å². The Morgan fingerprint density at radius 1 is 0.449 bits per heavy atom. The molecule has 0 N–H and O–H groups in total. The molecule has 0 aliphatic heterocycles. The summed E-state index contributed by atoms with van der Waals surface area (Å²) in [5.41, 5.74) is -13.2. The zero-order valence-corrected chi connectivity index (χ0v) is 34.4. The normalized spacial score (nSPS) is 12.1. The molecule has 0 amide bonds. The van der Waals surface area contributed by atoms with Gasteiger partial charge in [-0.1, -0.05) is 22.4 Å². The van der Waals surface area contributed by atoms with E-state index in [1.807, 2.05) is 30.3 Å². The standard InChI is InChI=1S/C24BF20.C19H17O4S/c26-5-1(6(27)14(35)21(42)13(5)34)25(2-7(28)15(36)22(43)16(37)8(2)29,3-9(30)17(38)23(44)18(39)10(3)31)4-11(32)19(40)24(45)20(41)12(4)33;1-15(20)23-18-10-8-17(9-11-18)19(21)14-24(2,22)13-12-16-6-4-3-5-7-16/h;3-11H,14H2,1-2H3/q-1;+1. The first-order valence-electron chi connectivity index (χ1n) is 18.2. The lowest BCUT2D eigenvalue weighted by atomic mass is 9.12. The summed E-state index contributed by atoms with van der Waals surface area (Å²) in [4.78, 5) is 23.1. The molecule has 0 spiro atoms. The molecule has 1 atom stereocenters. The maximum Gasteiger partial charge on any atom is 0.308 e. The van der Waals surface area contributed by atoms with Crippen molar-refractivity contribution in [1.82, 2.24) is 0 Å². The Balaban J connectivity index is 0.000000311. The van der Waals surface area contributed by atoms with Crippen molar-refractivity contribution in [1.29, 1.82) is 0 Å². The summed E-state index contributed by atoms with van der Waals surface area (Å²) in [6.45, 7) is 1.30. The maximum atomic E-state index is 15.4. The molecule has 6 aromatic rings. The highest BCUT2D eigenvalue weighted by molar-refractivity contribution is 8.07. The number of halogens is 20. The van der Waals surface area contributed by atoms with Crippen molar-refractivity contribution in [3.05, 3.63) is 182 Å². The summed E-state index contributed by atoms with van der Waals surface area (Å²) in [6.07, 6.45) is -5.74. The van der Waals surface area contributed by atoms with Gasteiger partial charge in [0.05, 0.1) is 0 Å². The molecule has 0 saturated heterocycles. The molecule has 69 heavy (non-hydrogen) atoms. The number of hydrogen-bond donors (Lipinski definition) is 0. The Bertz CT molecular complexity index is 2830. The van der Waals surface area contributed by atoms with Gasteiger partial charge in [0.1, 0.15) is 64.7 Å². The van der Waals surface area contributed by atoms with E-state index in [0.717, 1.165) is 5.56 Å². The maximum absolute atomic E-state index is 15.4. The number of carbonyl (C=O) groups is 2. The van der Waals surface area contributed by atoms with E-state index in [9.17, 15) is 66.5 Å². The van der Waals surface area contributed by atoms with E-state index in [1.54, 1.807) is 12.1 Å². The minimum atomic E-state index is -7.22. The molecular formula is C43H17BF20O4S. The molecule has 26 heteroatoms. The van der Waals surface area contributed by atoms with E-state index >= 15 is 35.1 Å². The molecule has 0 aliphatic rings. The summed E-state index contributed by atoms with van der Waals surface area (Å²) in [6, 6.07) is 15.3. The first-order chi connectivity index (χ1) is 32.1. The van der Waals surface area contributed by atoms with E-state index in [1.165, 1.54) is 25.3 Å². The quantitative estimate of drug-likeness (QED) is 0.0176. The smallest absolute Gasteiger partial charge is 0.308 e. The molecule has 0 aliphatic carbocycles. The topological polar surface area (TPSA) is 60.4 Å². The van der Waals surface area contributed by atoms with Crippen LogP contribution in [0.2, 0.25) is 0 Å². The van der Waals surface area contributed by atoms with Crippen LogP contribution in [0.4, 0.5) is 87.8 Å². The second kappa shape index (κ2) is 19.8. The van der Waals surface area contributed by atoms with Crippen molar-refractivity contribution in [2.24, 2.45) is 0 Å². The Hall–Kier alpha value is -7.17. The minimum Gasteiger partial charge on any atom is -0.427 e. The number of benzene rings is 6. The lowest BCUT2D eigenvalue weighted by Crippen LogP contribution is -2.81. The van der Waals surface area contributed by atoms with Crippen LogP contribution in [0, 0.1) is 128 Å². The SMILES string of the molecule is CC(=O)Oc1ccc(C(=O)C[S+](C)(=O)C#Cc2ccccc2)cc1.Fc1c(F)c(F)c([B-](c2c(F)c(F)c(F)c(F)c2F)(c2c(F)c(F)c(F)c(F)c2F)c2c(F)c(F)c(F)c(F)c2F)c(F)c1F. The van der Waals surface area contributed by atoms with Crippen LogP contribution in [0.5, 0.6) is 5.75 Å². The summed E-state index contributed by atoms with van der Waals surface area (Å²) < 4.78 is 311. The molecule has 362 valence electrons. The fourth-order valence-corrected chi connectivity index (χ4v) is 7.88. The molecule has 6 aromatic carbocycles. The third kappa shape index (κ3) is 9.38. The Kier molecular flexibility index (Phi) is 15.2. The molecule has 1 unspecified atom stereocenters. The molecule has 0 fully saturated rings. The average Bonchev–Trinajstić information content (AvgIpc) is 3.31. The molecule has 0 saturated carbocycles. The Labute approximate surface area is 373 Å². The van der Waals surface area contributed by atoms with Crippen molar-refractivity contribution in [2.45, 2.75) is 6.92 Å². The van der Waals surface area contributed by atoms with Gasteiger partial charge < -0.3 is 4.74 Å². The molecule has 4 nitrogen and oxygen atoms in total. The van der Waals surface area contributed by atoms with Gasteiger partial charge in [-0.25, -0.2) is 87.8 Å². The number of hydrogen-bond acceptors (Lipinski definition) is 4. The number of ether oxygens (including phenoxy) is 1.